The summed E-state index contributed by atoms with van der Waals surface area (Å²) in [4.78, 5) is 6.59. The molecule has 0 aliphatic carbocycles. The summed E-state index contributed by atoms with van der Waals surface area (Å²) in [6.45, 7) is 6.77. The molecule has 0 amide bonds. The summed E-state index contributed by atoms with van der Waals surface area (Å²) < 4.78 is -0.130. The van der Waals surface area contributed by atoms with Crippen molar-refractivity contribution in [3.63, 3.8) is 0 Å². The van der Waals surface area contributed by atoms with Crippen LogP contribution in [0.5, 0.6) is 0 Å². The summed E-state index contributed by atoms with van der Waals surface area (Å²) in [6.07, 6.45) is 1.84. The normalized spacial score (nSPS) is 11.8. The Balaban J connectivity index is 1.85. The number of nitrogens with zero attached hydrogens (tertiary/aromatic N) is 1. The lowest BCUT2D eigenvalue weighted by Gasteiger charge is -2.18. The van der Waals surface area contributed by atoms with Gasteiger partial charge in [-0.15, -0.1) is 11.8 Å². The Morgan fingerprint density at radius 2 is 1.73 bits per heavy atom. The lowest BCUT2D eigenvalue weighted by atomic mass is 10.2. The van der Waals surface area contributed by atoms with Crippen molar-refractivity contribution < 1.29 is 4.84 Å². The molecule has 0 fully saturated rings. The Morgan fingerprint density at radius 1 is 1.09 bits per heavy atom. The Labute approximate surface area is 141 Å². The molecule has 0 radical (unpaired) electrons. The van der Waals surface area contributed by atoms with E-state index in [1.54, 1.807) is 11.8 Å². The molecule has 0 unspecified atom stereocenters. The molecule has 0 aromatic heterocycles. The number of aryl methyl sites for hydroxylation is 1. The smallest absolute Gasteiger partial charge is 0.142 e. The molecule has 22 heavy (non-hydrogen) atoms. The maximum absolute atomic E-state index is 5.85. The van der Waals surface area contributed by atoms with Crippen molar-refractivity contribution in [2.24, 2.45) is 5.16 Å². The first-order chi connectivity index (χ1) is 10.4. The predicted molar refractivity (Wildman–Crippen MR) is 95.8 cm³/mol. The topological polar surface area (TPSA) is 21.6 Å². The van der Waals surface area contributed by atoms with Gasteiger partial charge in [0.15, 0.2) is 0 Å². The van der Waals surface area contributed by atoms with Crippen molar-refractivity contribution >= 4 is 29.6 Å². The molecule has 4 heteroatoms. The molecule has 2 aromatic rings. The Bertz CT molecular complexity index is 621. The summed E-state index contributed by atoms with van der Waals surface area (Å²) in [7, 11) is 0. The lowest BCUT2D eigenvalue weighted by molar-refractivity contribution is 0.131. The molecule has 0 atom stereocenters. The standard InChI is InChI=1S/C18H20ClNOS/c1-14-4-10-17(11-5-14)22-18(2,3)13-20-21-12-15-6-8-16(19)9-7-15/h4-11,13H,12H2,1-3H3/b20-13+. The van der Waals surface area contributed by atoms with Gasteiger partial charge in [-0.1, -0.05) is 46.6 Å². The zero-order valence-electron chi connectivity index (χ0n) is 13.0. The van der Waals surface area contributed by atoms with Gasteiger partial charge in [0.05, 0.1) is 11.0 Å². The number of halogens is 1. The molecule has 0 aliphatic rings. The van der Waals surface area contributed by atoms with Crippen LogP contribution in [0, 0.1) is 6.92 Å². The van der Waals surface area contributed by atoms with Gasteiger partial charge in [0.1, 0.15) is 6.61 Å². The van der Waals surface area contributed by atoms with Gasteiger partial charge in [0.2, 0.25) is 0 Å². The van der Waals surface area contributed by atoms with Crippen molar-refractivity contribution in [2.75, 3.05) is 0 Å². The Hall–Kier alpha value is -1.45. The van der Waals surface area contributed by atoms with Gasteiger partial charge in [-0.3, -0.25) is 0 Å². The minimum Gasteiger partial charge on any atom is -0.391 e. The third kappa shape index (κ3) is 5.74. The van der Waals surface area contributed by atoms with E-state index in [1.165, 1.54) is 10.5 Å². The third-order valence-corrected chi connectivity index (χ3v) is 4.38. The zero-order chi connectivity index (χ0) is 16.0. The SMILES string of the molecule is Cc1ccc(SC(C)(C)/C=N/OCc2ccc(Cl)cc2)cc1. The van der Waals surface area contributed by atoms with Gasteiger partial charge in [-0.05, 0) is 50.6 Å². The largest absolute Gasteiger partial charge is 0.391 e. The van der Waals surface area contributed by atoms with E-state index in [9.17, 15) is 0 Å². The maximum Gasteiger partial charge on any atom is 0.142 e. The van der Waals surface area contributed by atoms with Gasteiger partial charge in [-0.2, -0.15) is 0 Å². The van der Waals surface area contributed by atoms with Crippen molar-refractivity contribution in [2.45, 2.75) is 37.0 Å². The van der Waals surface area contributed by atoms with Crippen LogP contribution in [0.15, 0.2) is 58.6 Å². The van der Waals surface area contributed by atoms with Crippen molar-refractivity contribution in [3.05, 3.63) is 64.7 Å². The summed E-state index contributed by atoms with van der Waals surface area (Å²) in [5.41, 5.74) is 2.31. The second kappa shape index (κ2) is 7.70. The fourth-order valence-corrected chi connectivity index (χ4v) is 2.89. The average Bonchev–Trinajstić information content (AvgIpc) is 2.48. The highest BCUT2D eigenvalue weighted by Gasteiger charge is 2.17. The van der Waals surface area contributed by atoms with Crippen LogP contribution in [-0.2, 0) is 11.4 Å². The number of oxime groups is 1. The first kappa shape index (κ1) is 16.9. The molecule has 0 saturated carbocycles. The van der Waals surface area contributed by atoms with E-state index in [0.717, 1.165) is 10.6 Å². The third-order valence-electron chi connectivity index (χ3n) is 2.98. The Morgan fingerprint density at radius 3 is 2.36 bits per heavy atom. The molecular weight excluding hydrogens is 314 g/mol. The molecule has 116 valence electrons. The van der Waals surface area contributed by atoms with Crippen LogP contribution in [0.3, 0.4) is 0 Å². The zero-order valence-corrected chi connectivity index (χ0v) is 14.6. The highest BCUT2D eigenvalue weighted by Crippen LogP contribution is 2.31. The van der Waals surface area contributed by atoms with E-state index in [1.807, 2.05) is 30.5 Å². The summed E-state index contributed by atoms with van der Waals surface area (Å²) >= 11 is 7.60. The molecule has 2 nitrogen and oxygen atoms in total. The van der Waals surface area contributed by atoms with E-state index >= 15 is 0 Å². The molecule has 0 bridgehead atoms. The highest BCUT2D eigenvalue weighted by atomic mass is 35.5. The molecule has 0 heterocycles. The number of rotatable bonds is 6. The van der Waals surface area contributed by atoms with Crippen LogP contribution < -0.4 is 0 Å². The monoisotopic (exact) mass is 333 g/mol. The molecular formula is C18H20ClNOS. The van der Waals surface area contributed by atoms with E-state index in [0.29, 0.717) is 6.61 Å². The van der Waals surface area contributed by atoms with E-state index < -0.39 is 0 Å². The van der Waals surface area contributed by atoms with Crippen molar-refractivity contribution in [1.82, 2.24) is 0 Å². The first-order valence-corrected chi connectivity index (χ1v) is 8.31. The van der Waals surface area contributed by atoms with Crippen molar-refractivity contribution in [1.29, 1.82) is 0 Å². The summed E-state index contributed by atoms with van der Waals surface area (Å²) in [5, 5.41) is 4.82. The van der Waals surface area contributed by atoms with Gasteiger partial charge in [0, 0.05) is 9.92 Å². The van der Waals surface area contributed by atoms with Gasteiger partial charge < -0.3 is 4.84 Å². The molecule has 0 spiro atoms. The average molecular weight is 334 g/mol. The van der Waals surface area contributed by atoms with Crippen LogP contribution >= 0.6 is 23.4 Å². The van der Waals surface area contributed by atoms with E-state index in [-0.39, 0.29) is 4.75 Å². The summed E-state index contributed by atoms with van der Waals surface area (Å²) in [5.74, 6) is 0. The van der Waals surface area contributed by atoms with Crippen LogP contribution in [0.25, 0.3) is 0 Å². The Kier molecular flexibility index (Phi) is 5.92. The number of hydrogen-bond donors (Lipinski definition) is 0. The maximum atomic E-state index is 5.85. The van der Waals surface area contributed by atoms with Crippen LogP contribution in [0.1, 0.15) is 25.0 Å². The molecule has 0 saturated heterocycles. The first-order valence-electron chi connectivity index (χ1n) is 7.11. The van der Waals surface area contributed by atoms with Crippen LogP contribution in [-0.4, -0.2) is 11.0 Å². The fraction of sp³-hybridized carbons (Fsp3) is 0.278. The highest BCUT2D eigenvalue weighted by molar-refractivity contribution is 8.01. The molecule has 2 rings (SSSR count). The summed E-state index contributed by atoms with van der Waals surface area (Å²) in [6, 6.07) is 16.1. The van der Waals surface area contributed by atoms with E-state index in [2.05, 4.69) is 50.2 Å². The number of thioether (sulfide) groups is 1. The van der Waals surface area contributed by atoms with Crippen LogP contribution in [0.4, 0.5) is 0 Å². The molecule has 2 aromatic carbocycles. The van der Waals surface area contributed by atoms with Crippen molar-refractivity contribution in [3.8, 4) is 0 Å². The van der Waals surface area contributed by atoms with Crippen LogP contribution in [0.2, 0.25) is 5.02 Å². The number of benzene rings is 2. The number of hydrogen-bond acceptors (Lipinski definition) is 3. The molecule has 0 N–H and O–H groups in total. The fourth-order valence-electron chi connectivity index (χ4n) is 1.79. The minimum atomic E-state index is -0.130. The predicted octanol–water partition coefficient (Wildman–Crippen LogP) is 5.72. The lowest BCUT2D eigenvalue weighted by Crippen LogP contribution is -2.16. The van der Waals surface area contributed by atoms with Gasteiger partial charge in [0.25, 0.3) is 0 Å². The van der Waals surface area contributed by atoms with Gasteiger partial charge >= 0.3 is 0 Å². The second-order valence-corrected chi connectivity index (χ2v) is 7.82. The second-order valence-electron chi connectivity index (χ2n) is 5.65. The molecule has 0 aliphatic heterocycles. The minimum absolute atomic E-state index is 0.130. The quantitative estimate of drug-likeness (QED) is 0.383. The van der Waals surface area contributed by atoms with Gasteiger partial charge in [-0.25, -0.2) is 0 Å². The van der Waals surface area contributed by atoms with E-state index in [4.69, 9.17) is 16.4 Å².